The lowest BCUT2D eigenvalue weighted by Gasteiger charge is -2.10. The molecule has 19 heavy (non-hydrogen) atoms. The van der Waals surface area contributed by atoms with E-state index in [1.54, 1.807) is 6.92 Å². The Labute approximate surface area is 111 Å². The molecule has 100 valence electrons. The van der Waals surface area contributed by atoms with Gasteiger partial charge >= 0.3 is 5.97 Å². The van der Waals surface area contributed by atoms with Crippen molar-refractivity contribution in [2.75, 3.05) is 6.61 Å². The Morgan fingerprint density at radius 3 is 2.74 bits per heavy atom. The number of ketones is 1. The fourth-order valence-electron chi connectivity index (χ4n) is 1.93. The van der Waals surface area contributed by atoms with Gasteiger partial charge in [-0.05, 0) is 26.0 Å². The van der Waals surface area contributed by atoms with Crippen LogP contribution in [-0.2, 0) is 20.7 Å². The fraction of sp³-hybridized carbons (Fsp3) is 0.357. The van der Waals surface area contributed by atoms with E-state index in [-0.39, 0.29) is 18.8 Å². The molecule has 1 heterocycles. The second kappa shape index (κ2) is 5.65. The maximum atomic E-state index is 11.7. The number of aromatic nitrogens is 2. The Balaban J connectivity index is 2.21. The van der Waals surface area contributed by atoms with Gasteiger partial charge in [0.1, 0.15) is 17.5 Å². The zero-order valence-electron chi connectivity index (χ0n) is 11.0. The molecule has 5 heteroatoms. The molecule has 0 amide bonds. The van der Waals surface area contributed by atoms with Crippen molar-refractivity contribution in [2.45, 2.75) is 20.3 Å². The standard InChI is InChI=1S/C14H16N2O3/c1-3-19-14(18)10(9(2)17)8-13-15-11-6-4-5-7-12(11)16-13/h4-7,10H,3,8H2,1-2H3,(H,15,16). The second-order valence-electron chi connectivity index (χ2n) is 4.32. The van der Waals surface area contributed by atoms with Gasteiger partial charge in [0.2, 0.25) is 0 Å². The molecule has 0 aliphatic heterocycles. The lowest BCUT2D eigenvalue weighted by Crippen LogP contribution is -2.26. The van der Waals surface area contributed by atoms with Gasteiger partial charge in [0.15, 0.2) is 0 Å². The summed E-state index contributed by atoms with van der Waals surface area (Å²) in [6.45, 7) is 3.38. The molecule has 0 bridgehead atoms. The molecule has 0 radical (unpaired) electrons. The van der Waals surface area contributed by atoms with E-state index in [1.807, 2.05) is 24.3 Å². The number of fused-ring (bicyclic) bond motifs is 1. The molecule has 0 saturated heterocycles. The van der Waals surface area contributed by atoms with Crippen molar-refractivity contribution in [3.8, 4) is 0 Å². The Hall–Kier alpha value is -2.17. The number of ether oxygens (including phenoxy) is 1. The number of H-pyrrole nitrogens is 1. The molecule has 0 spiro atoms. The lowest BCUT2D eigenvalue weighted by atomic mass is 10.0. The number of hydrogen-bond acceptors (Lipinski definition) is 4. The van der Waals surface area contributed by atoms with Crippen LogP contribution in [0.1, 0.15) is 19.7 Å². The minimum Gasteiger partial charge on any atom is -0.465 e. The van der Waals surface area contributed by atoms with Crippen LogP contribution in [0, 0.1) is 5.92 Å². The number of Topliss-reactive ketones (excluding diaryl/α,β-unsaturated/α-hetero) is 1. The number of carbonyl (C=O) groups is 2. The van der Waals surface area contributed by atoms with Gasteiger partial charge in [-0.2, -0.15) is 0 Å². The van der Waals surface area contributed by atoms with Gasteiger partial charge < -0.3 is 9.72 Å². The van der Waals surface area contributed by atoms with Crippen LogP contribution in [0.3, 0.4) is 0 Å². The van der Waals surface area contributed by atoms with E-state index in [1.165, 1.54) is 6.92 Å². The molecule has 1 unspecified atom stereocenters. The average Bonchev–Trinajstić information content (AvgIpc) is 2.78. The molecule has 0 fully saturated rings. The van der Waals surface area contributed by atoms with E-state index in [4.69, 9.17) is 4.74 Å². The average molecular weight is 260 g/mol. The maximum absolute atomic E-state index is 11.7. The Bertz CT molecular complexity index is 571. The molecule has 0 saturated carbocycles. The van der Waals surface area contributed by atoms with E-state index < -0.39 is 11.9 Å². The highest BCUT2D eigenvalue weighted by Crippen LogP contribution is 2.15. The maximum Gasteiger partial charge on any atom is 0.316 e. The summed E-state index contributed by atoms with van der Waals surface area (Å²) < 4.78 is 4.91. The van der Waals surface area contributed by atoms with E-state index >= 15 is 0 Å². The van der Waals surface area contributed by atoms with Crippen LogP contribution in [0.25, 0.3) is 11.0 Å². The normalized spacial score (nSPS) is 12.3. The second-order valence-corrected chi connectivity index (χ2v) is 4.32. The SMILES string of the molecule is CCOC(=O)C(Cc1nc2ccccc2[nH]1)C(C)=O. The first-order chi connectivity index (χ1) is 9.11. The third-order valence-corrected chi connectivity index (χ3v) is 2.90. The third kappa shape index (κ3) is 2.99. The summed E-state index contributed by atoms with van der Waals surface area (Å²) in [6, 6.07) is 7.57. The van der Waals surface area contributed by atoms with Gasteiger partial charge in [0, 0.05) is 6.42 Å². The number of imidazole rings is 1. The quantitative estimate of drug-likeness (QED) is 0.658. The van der Waals surface area contributed by atoms with Crippen molar-refractivity contribution in [2.24, 2.45) is 5.92 Å². The van der Waals surface area contributed by atoms with Crippen molar-refractivity contribution in [1.29, 1.82) is 0 Å². The van der Waals surface area contributed by atoms with Crippen molar-refractivity contribution in [1.82, 2.24) is 9.97 Å². The summed E-state index contributed by atoms with van der Waals surface area (Å²) in [5.41, 5.74) is 1.72. The van der Waals surface area contributed by atoms with Crippen LogP contribution in [0.15, 0.2) is 24.3 Å². The third-order valence-electron chi connectivity index (χ3n) is 2.90. The first-order valence-corrected chi connectivity index (χ1v) is 6.22. The van der Waals surface area contributed by atoms with Crippen LogP contribution in [0.2, 0.25) is 0 Å². The molecule has 5 nitrogen and oxygen atoms in total. The van der Waals surface area contributed by atoms with E-state index in [2.05, 4.69) is 9.97 Å². The number of hydrogen-bond donors (Lipinski definition) is 1. The summed E-state index contributed by atoms with van der Waals surface area (Å²) in [6.07, 6.45) is 0.239. The molecule has 1 aromatic carbocycles. The number of esters is 1. The predicted molar refractivity (Wildman–Crippen MR) is 70.6 cm³/mol. The smallest absolute Gasteiger partial charge is 0.316 e. The van der Waals surface area contributed by atoms with Gasteiger partial charge in [-0.3, -0.25) is 9.59 Å². The van der Waals surface area contributed by atoms with Gasteiger partial charge in [-0.25, -0.2) is 4.98 Å². The van der Waals surface area contributed by atoms with Crippen molar-refractivity contribution in [3.63, 3.8) is 0 Å². The van der Waals surface area contributed by atoms with Gasteiger partial charge in [-0.1, -0.05) is 12.1 Å². The number of para-hydroxylation sites is 2. The topological polar surface area (TPSA) is 72.0 Å². The number of benzene rings is 1. The highest BCUT2D eigenvalue weighted by molar-refractivity contribution is 5.98. The number of rotatable bonds is 5. The number of nitrogens with zero attached hydrogens (tertiary/aromatic N) is 1. The molecule has 2 rings (SSSR count). The van der Waals surface area contributed by atoms with Crippen LogP contribution < -0.4 is 0 Å². The monoisotopic (exact) mass is 260 g/mol. The minimum atomic E-state index is -0.791. The Morgan fingerprint density at radius 2 is 2.11 bits per heavy atom. The highest BCUT2D eigenvalue weighted by atomic mass is 16.5. The molecule has 1 N–H and O–H groups in total. The first kappa shape index (κ1) is 13.3. The van der Waals surface area contributed by atoms with Crippen LogP contribution in [0.5, 0.6) is 0 Å². The van der Waals surface area contributed by atoms with E-state index in [0.29, 0.717) is 5.82 Å². The summed E-state index contributed by atoms with van der Waals surface area (Å²) in [4.78, 5) is 30.7. The number of aromatic amines is 1. The molecule has 0 aliphatic rings. The Kier molecular flexibility index (Phi) is 3.94. The Morgan fingerprint density at radius 1 is 1.37 bits per heavy atom. The van der Waals surface area contributed by atoms with Gasteiger partial charge in [0.05, 0.1) is 17.6 Å². The van der Waals surface area contributed by atoms with Crippen molar-refractivity contribution >= 4 is 22.8 Å². The summed E-state index contributed by atoms with van der Waals surface area (Å²) in [7, 11) is 0. The minimum absolute atomic E-state index is 0.209. The largest absolute Gasteiger partial charge is 0.465 e. The summed E-state index contributed by atoms with van der Waals surface area (Å²) >= 11 is 0. The molecule has 1 aromatic heterocycles. The van der Waals surface area contributed by atoms with Crippen LogP contribution >= 0.6 is 0 Å². The van der Waals surface area contributed by atoms with E-state index in [0.717, 1.165) is 11.0 Å². The zero-order chi connectivity index (χ0) is 13.8. The molecular weight excluding hydrogens is 244 g/mol. The highest BCUT2D eigenvalue weighted by Gasteiger charge is 2.26. The van der Waals surface area contributed by atoms with Gasteiger partial charge in [-0.15, -0.1) is 0 Å². The van der Waals surface area contributed by atoms with Crippen LogP contribution in [-0.4, -0.2) is 28.3 Å². The van der Waals surface area contributed by atoms with Crippen molar-refractivity contribution < 1.29 is 14.3 Å². The molecule has 1 atom stereocenters. The first-order valence-electron chi connectivity index (χ1n) is 6.22. The summed E-state index contributed by atoms with van der Waals surface area (Å²) in [5.74, 6) is -0.871. The molecule has 0 aliphatic carbocycles. The fourth-order valence-corrected chi connectivity index (χ4v) is 1.93. The van der Waals surface area contributed by atoms with Crippen molar-refractivity contribution in [3.05, 3.63) is 30.1 Å². The molecular formula is C14H16N2O3. The summed E-state index contributed by atoms with van der Waals surface area (Å²) in [5, 5.41) is 0. The molecule has 2 aromatic rings. The zero-order valence-corrected chi connectivity index (χ0v) is 11.0. The predicted octanol–water partition coefficient (Wildman–Crippen LogP) is 1.87. The number of carbonyl (C=O) groups excluding carboxylic acids is 2. The van der Waals surface area contributed by atoms with Crippen LogP contribution in [0.4, 0.5) is 0 Å². The number of nitrogens with one attached hydrogen (secondary N) is 1. The lowest BCUT2D eigenvalue weighted by molar-refractivity contribution is -0.151. The van der Waals surface area contributed by atoms with Gasteiger partial charge in [0.25, 0.3) is 0 Å². The van der Waals surface area contributed by atoms with E-state index in [9.17, 15) is 9.59 Å².